The van der Waals surface area contributed by atoms with Crippen molar-refractivity contribution in [3.63, 3.8) is 0 Å². The largest absolute Gasteiger partial charge is 0.384 e. The van der Waals surface area contributed by atoms with Crippen LogP contribution in [0.4, 0.5) is 0 Å². The minimum atomic E-state index is -3.36. The van der Waals surface area contributed by atoms with Crippen LogP contribution < -0.4 is 5.32 Å². The molecule has 0 radical (unpaired) electrons. The number of ether oxygens (including phenoxy) is 1. The molecule has 0 spiro atoms. The number of nitrogens with one attached hydrogen (secondary N) is 1. The van der Waals surface area contributed by atoms with Gasteiger partial charge in [-0.05, 0) is 56.6 Å². The number of carbonyl (C=O) groups is 1. The maximum atomic E-state index is 12.5. The molecular formula is C17H27ClN2O4S. The van der Waals surface area contributed by atoms with Gasteiger partial charge in [0.25, 0.3) is 5.91 Å². The summed E-state index contributed by atoms with van der Waals surface area (Å²) in [5.41, 5.74) is 0.535. The summed E-state index contributed by atoms with van der Waals surface area (Å²) in [6.07, 6.45) is 1.99. The van der Waals surface area contributed by atoms with Gasteiger partial charge in [-0.25, -0.2) is 8.42 Å². The van der Waals surface area contributed by atoms with Gasteiger partial charge in [0.1, 0.15) is 0 Å². The summed E-state index contributed by atoms with van der Waals surface area (Å²) >= 11 is 0. The molecule has 1 fully saturated rings. The van der Waals surface area contributed by atoms with Crippen LogP contribution in [-0.2, 0) is 14.6 Å². The minimum absolute atomic E-state index is 0. The molecule has 1 aliphatic rings. The molecule has 1 aromatic rings. The Morgan fingerprint density at radius 2 is 1.84 bits per heavy atom. The Hall–Kier alpha value is -1.15. The molecule has 0 bridgehead atoms. The number of nitrogens with zero attached hydrogens (tertiary/aromatic N) is 1. The fourth-order valence-electron chi connectivity index (χ4n) is 2.93. The van der Waals surface area contributed by atoms with Crippen LogP contribution in [0, 0.1) is 5.92 Å². The zero-order valence-electron chi connectivity index (χ0n) is 14.7. The third-order valence-electron chi connectivity index (χ3n) is 4.41. The fourth-order valence-corrected chi connectivity index (χ4v) is 4.10. The average Bonchev–Trinajstić information content (AvgIpc) is 2.60. The summed E-state index contributed by atoms with van der Waals surface area (Å²) < 4.78 is 29.0. The molecule has 6 nitrogen and oxygen atoms in total. The van der Waals surface area contributed by atoms with Crippen LogP contribution in [-0.4, -0.2) is 65.4 Å². The van der Waals surface area contributed by atoms with Gasteiger partial charge < -0.3 is 15.0 Å². The van der Waals surface area contributed by atoms with E-state index in [0.717, 1.165) is 32.5 Å². The van der Waals surface area contributed by atoms with E-state index in [4.69, 9.17) is 4.74 Å². The maximum absolute atomic E-state index is 12.5. The normalized spacial score (nSPS) is 15.7. The van der Waals surface area contributed by atoms with Crippen LogP contribution in [0.2, 0.25) is 0 Å². The first kappa shape index (κ1) is 21.9. The van der Waals surface area contributed by atoms with Crippen molar-refractivity contribution in [2.75, 3.05) is 46.2 Å². The molecule has 142 valence electrons. The van der Waals surface area contributed by atoms with Gasteiger partial charge in [-0.2, -0.15) is 0 Å². The highest BCUT2D eigenvalue weighted by molar-refractivity contribution is 7.91. The van der Waals surface area contributed by atoms with Crippen LogP contribution >= 0.6 is 12.4 Å². The molecule has 25 heavy (non-hydrogen) atoms. The van der Waals surface area contributed by atoms with Crippen LogP contribution in [0.5, 0.6) is 0 Å². The molecular weight excluding hydrogens is 364 g/mol. The number of amides is 1. The number of sulfone groups is 1. The monoisotopic (exact) mass is 390 g/mol. The van der Waals surface area contributed by atoms with Crippen LogP contribution in [0.15, 0.2) is 29.2 Å². The summed E-state index contributed by atoms with van der Waals surface area (Å²) in [5.74, 6) is 0.529. The number of rotatable bonds is 7. The Morgan fingerprint density at radius 1 is 1.24 bits per heavy atom. The number of halogens is 1. The third kappa shape index (κ3) is 5.95. The highest BCUT2D eigenvalue weighted by atomic mass is 35.5. The van der Waals surface area contributed by atoms with Crippen molar-refractivity contribution in [3.8, 4) is 0 Å². The molecule has 0 aliphatic carbocycles. The van der Waals surface area contributed by atoms with Crippen molar-refractivity contribution in [2.24, 2.45) is 5.92 Å². The Morgan fingerprint density at radius 3 is 2.36 bits per heavy atom. The van der Waals surface area contributed by atoms with Crippen LogP contribution in [0.1, 0.15) is 23.2 Å². The molecule has 1 aromatic carbocycles. The molecule has 1 heterocycles. The molecule has 1 amide bonds. The summed E-state index contributed by atoms with van der Waals surface area (Å²) in [6, 6.07) is 6.21. The quantitative estimate of drug-likeness (QED) is 0.765. The number of piperidine rings is 1. The Labute approximate surface area is 156 Å². The van der Waals surface area contributed by atoms with Crippen molar-refractivity contribution in [3.05, 3.63) is 29.8 Å². The van der Waals surface area contributed by atoms with Gasteiger partial charge in [-0.1, -0.05) is 0 Å². The molecule has 0 saturated carbocycles. The molecule has 1 N–H and O–H groups in total. The minimum Gasteiger partial charge on any atom is -0.384 e. The lowest BCUT2D eigenvalue weighted by atomic mass is 9.96. The molecule has 1 saturated heterocycles. The topological polar surface area (TPSA) is 75.7 Å². The summed E-state index contributed by atoms with van der Waals surface area (Å²) in [6.45, 7) is 2.64. The predicted octanol–water partition coefficient (Wildman–Crippen LogP) is 1.60. The molecule has 0 aromatic heterocycles. The second-order valence-electron chi connectivity index (χ2n) is 6.13. The first-order chi connectivity index (χ1) is 11.5. The van der Waals surface area contributed by atoms with Crippen molar-refractivity contribution < 1.29 is 17.9 Å². The van der Waals surface area contributed by atoms with Crippen molar-refractivity contribution in [1.82, 2.24) is 10.2 Å². The number of hydrogen-bond donors (Lipinski definition) is 1. The van der Waals surface area contributed by atoms with Gasteiger partial charge in [-0.3, -0.25) is 4.79 Å². The van der Waals surface area contributed by atoms with Gasteiger partial charge in [0, 0.05) is 25.8 Å². The van der Waals surface area contributed by atoms with Gasteiger partial charge in [0.15, 0.2) is 9.84 Å². The van der Waals surface area contributed by atoms with E-state index in [9.17, 15) is 13.2 Å². The smallest absolute Gasteiger partial charge is 0.253 e. The Balaban J connectivity index is 0.00000312. The van der Waals surface area contributed by atoms with Gasteiger partial charge in [-0.15, -0.1) is 12.4 Å². The van der Waals surface area contributed by atoms with E-state index in [-0.39, 0.29) is 35.6 Å². The Bertz CT molecular complexity index is 641. The third-order valence-corrected chi connectivity index (χ3v) is 6.11. The van der Waals surface area contributed by atoms with Crippen LogP contribution in [0.3, 0.4) is 0 Å². The lowest BCUT2D eigenvalue weighted by Gasteiger charge is -2.32. The van der Waals surface area contributed by atoms with E-state index in [1.807, 2.05) is 11.9 Å². The second-order valence-corrected chi connectivity index (χ2v) is 8.24. The van der Waals surface area contributed by atoms with Gasteiger partial charge >= 0.3 is 0 Å². The first-order valence-corrected chi connectivity index (χ1v) is 9.89. The SMILES string of the molecule is CNCC1CCN(C(=O)c2ccc(S(=O)(=O)CCOC)cc2)CC1.Cl. The lowest BCUT2D eigenvalue weighted by molar-refractivity contribution is 0.0691. The molecule has 1 aliphatic heterocycles. The highest BCUT2D eigenvalue weighted by Gasteiger charge is 2.23. The number of likely N-dealkylation sites (tertiary alicyclic amines) is 1. The number of methoxy groups -OCH3 is 1. The molecule has 0 atom stereocenters. The summed E-state index contributed by atoms with van der Waals surface area (Å²) in [4.78, 5) is 14.6. The van der Waals surface area contributed by atoms with Gasteiger partial charge in [0.05, 0.1) is 17.3 Å². The average molecular weight is 391 g/mol. The number of hydrogen-bond acceptors (Lipinski definition) is 5. The Kier molecular flexibility index (Phi) is 8.85. The maximum Gasteiger partial charge on any atom is 0.253 e. The highest BCUT2D eigenvalue weighted by Crippen LogP contribution is 2.19. The van der Waals surface area contributed by atoms with E-state index in [0.29, 0.717) is 11.5 Å². The van der Waals surface area contributed by atoms with Crippen molar-refractivity contribution in [2.45, 2.75) is 17.7 Å². The zero-order chi connectivity index (χ0) is 17.6. The van der Waals surface area contributed by atoms with Crippen molar-refractivity contribution in [1.29, 1.82) is 0 Å². The summed E-state index contributed by atoms with van der Waals surface area (Å²) in [5, 5.41) is 3.18. The summed E-state index contributed by atoms with van der Waals surface area (Å²) in [7, 11) is 0.0533. The fraction of sp³-hybridized carbons (Fsp3) is 0.588. The van der Waals surface area contributed by atoms with E-state index in [2.05, 4.69) is 5.32 Å². The standard InChI is InChI=1S/C17H26N2O4S.ClH/c1-18-13-14-7-9-19(10-8-14)17(20)15-3-5-16(6-4-15)24(21,22)12-11-23-2;/h3-6,14,18H,7-13H2,1-2H3;1H. The zero-order valence-corrected chi connectivity index (χ0v) is 16.4. The van der Waals surface area contributed by atoms with Crippen LogP contribution in [0.25, 0.3) is 0 Å². The predicted molar refractivity (Wildman–Crippen MR) is 100 cm³/mol. The number of carbonyl (C=O) groups excluding carboxylic acids is 1. The number of benzene rings is 1. The molecule has 0 unspecified atom stereocenters. The first-order valence-electron chi connectivity index (χ1n) is 8.23. The lowest BCUT2D eigenvalue weighted by Crippen LogP contribution is -2.40. The second kappa shape index (κ2) is 10.1. The van der Waals surface area contributed by atoms with E-state index >= 15 is 0 Å². The molecule has 8 heteroatoms. The van der Waals surface area contributed by atoms with E-state index < -0.39 is 9.84 Å². The van der Waals surface area contributed by atoms with E-state index in [1.165, 1.54) is 19.2 Å². The molecule has 2 rings (SSSR count). The van der Waals surface area contributed by atoms with E-state index in [1.54, 1.807) is 12.1 Å². The van der Waals surface area contributed by atoms with Gasteiger partial charge in [0.2, 0.25) is 0 Å². The van der Waals surface area contributed by atoms with Crippen molar-refractivity contribution >= 4 is 28.2 Å².